The van der Waals surface area contributed by atoms with Crippen molar-refractivity contribution in [3.05, 3.63) is 35.4 Å². The highest BCUT2D eigenvalue weighted by atomic mass is 32.2. The summed E-state index contributed by atoms with van der Waals surface area (Å²) in [6.45, 7) is 2.25. The fourth-order valence-corrected chi connectivity index (χ4v) is 4.38. The number of benzene rings is 1. The molecule has 1 heterocycles. The van der Waals surface area contributed by atoms with Crippen LogP contribution in [0.2, 0.25) is 0 Å². The molecule has 0 radical (unpaired) electrons. The van der Waals surface area contributed by atoms with Crippen molar-refractivity contribution >= 4 is 15.9 Å². The Labute approximate surface area is 119 Å². The number of carbonyl (C=O) groups excluding carboxylic acids is 1. The van der Waals surface area contributed by atoms with Crippen LogP contribution in [0.15, 0.2) is 24.3 Å². The third-order valence-electron chi connectivity index (χ3n) is 3.62. The van der Waals surface area contributed by atoms with Gasteiger partial charge in [-0.15, -0.1) is 0 Å². The van der Waals surface area contributed by atoms with Gasteiger partial charge in [-0.3, -0.25) is 4.79 Å². The summed E-state index contributed by atoms with van der Waals surface area (Å²) in [5, 5.41) is 0. The van der Waals surface area contributed by atoms with Gasteiger partial charge in [-0.25, -0.2) is 8.42 Å². The summed E-state index contributed by atoms with van der Waals surface area (Å²) in [6.07, 6.45) is 2.00. The molecule has 5 nitrogen and oxygen atoms in total. The highest BCUT2D eigenvalue weighted by Crippen LogP contribution is 2.31. The largest absolute Gasteiger partial charge is 0.368 e. The fourth-order valence-electron chi connectivity index (χ4n) is 2.58. The molecule has 0 fully saturated rings. The van der Waals surface area contributed by atoms with Crippen molar-refractivity contribution in [2.24, 2.45) is 5.73 Å². The van der Waals surface area contributed by atoms with Crippen molar-refractivity contribution in [2.45, 2.75) is 32.2 Å². The lowest BCUT2D eigenvalue weighted by atomic mass is 9.94. The van der Waals surface area contributed by atoms with Crippen molar-refractivity contribution in [3.63, 3.8) is 0 Å². The van der Waals surface area contributed by atoms with Gasteiger partial charge in [0.25, 0.3) is 0 Å². The summed E-state index contributed by atoms with van der Waals surface area (Å²) >= 11 is 0. The van der Waals surface area contributed by atoms with E-state index in [0.717, 1.165) is 12.0 Å². The first-order valence-electron chi connectivity index (χ1n) is 6.84. The molecule has 2 N–H and O–H groups in total. The smallest absolute Gasteiger partial charge is 0.240 e. The van der Waals surface area contributed by atoms with Crippen molar-refractivity contribution < 1.29 is 13.2 Å². The maximum atomic E-state index is 12.4. The minimum Gasteiger partial charge on any atom is -0.368 e. The average molecular weight is 296 g/mol. The molecule has 1 unspecified atom stereocenters. The van der Waals surface area contributed by atoms with E-state index in [1.54, 1.807) is 12.1 Å². The highest BCUT2D eigenvalue weighted by Gasteiger charge is 2.38. The fraction of sp³-hybridized carbons (Fsp3) is 0.500. The maximum absolute atomic E-state index is 12.4. The first-order chi connectivity index (χ1) is 9.47. The minimum atomic E-state index is -3.45. The molecule has 2 rings (SSSR count). The van der Waals surface area contributed by atoms with Crippen LogP contribution < -0.4 is 5.73 Å². The van der Waals surface area contributed by atoms with Crippen LogP contribution in [-0.4, -0.2) is 30.9 Å². The molecule has 20 heavy (non-hydrogen) atoms. The van der Waals surface area contributed by atoms with Crippen LogP contribution in [0, 0.1) is 0 Å². The molecular weight excluding hydrogens is 276 g/mol. The third-order valence-corrected chi connectivity index (χ3v) is 5.53. The SMILES string of the molecule is CCCCS(=O)(=O)N1CCc2ccccc2C1C(N)=O. The Morgan fingerprint density at radius 3 is 2.75 bits per heavy atom. The molecule has 1 aliphatic heterocycles. The van der Waals surface area contributed by atoms with Crippen LogP contribution in [0.3, 0.4) is 0 Å². The van der Waals surface area contributed by atoms with Gasteiger partial charge in [0.2, 0.25) is 15.9 Å². The van der Waals surface area contributed by atoms with Gasteiger partial charge in [-0.05, 0) is 24.0 Å². The monoisotopic (exact) mass is 296 g/mol. The molecule has 6 heteroatoms. The van der Waals surface area contributed by atoms with E-state index in [2.05, 4.69) is 0 Å². The Kier molecular flexibility index (Phi) is 4.45. The third kappa shape index (κ3) is 2.86. The first kappa shape index (κ1) is 15.0. The Hall–Kier alpha value is -1.40. The molecule has 0 aliphatic carbocycles. The second-order valence-corrected chi connectivity index (χ2v) is 7.08. The molecule has 1 aromatic carbocycles. The molecule has 0 aromatic heterocycles. The summed E-state index contributed by atoms with van der Waals surface area (Å²) in [5.74, 6) is -0.549. The van der Waals surface area contributed by atoms with E-state index in [1.165, 1.54) is 4.31 Å². The molecule has 0 bridgehead atoms. The van der Waals surface area contributed by atoms with E-state index in [4.69, 9.17) is 5.73 Å². The van der Waals surface area contributed by atoms with Crippen molar-refractivity contribution in [2.75, 3.05) is 12.3 Å². The Morgan fingerprint density at radius 2 is 2.10 bits per heavy atom. The van der Waals surface area contributed by atoms with E-state index in [9.17, 15) is 13.2 Å². The Morgan fingerprint density at radius 1 is 1.40 bits per heavy atom. The summed E-state index contributed by atoms with van der Waals surface area (Å²) in [5.41, 5.74) is 7.17. The van der Waals surface area contributed by atoms with Gasteiger partial charge >= 0.3 is 0 Å². The number of fused-ring (bicyclic) bond motifs is 1. The normalized spacial score (nSPS) is 19.6. The molecule has 0 saturated heterocycles. The van der Waals surface area contributed by atoms with E-state index in [0.29, 0.717) is 24.9 Å². The second-order valence-electron chi connectivity index (χ2n) is 5.03. The lowest BCUT2D eigenvalue weighted by molar-refractivity contribution is -0.122. The van der Waals surface area contributed by atoms with Crippen molar-refractivity contribution in [1.29, 1.82) is 0 Å². The first-order valence-corrected chi connectivity index (χ1v) is 8.45. The van der Waals surface area contributed by atoms with Gasteiger partial charge in [0.15, 0.2) is 0 Å². The van der Waals surface area contributed by atoms with Crippen LogP contribution in [-0.2, 0) is 21.2 Å². The van der Waals surface area contributed by atoms with Gasteiger partial charge in [0, 0.05) is 6.54 Å². The minimum absolute atomic E-state index is 0.0649. The number of amides is 1. The van der Waals surface area contributed by atoms with Gasteiger partial charge in [0.05, 0.1) is 5.75 Å². The number of nitrogens with two attached hydrogens (primary N) is 1. The predicted molar refractivity (Wildman–Crippen MR) is 77.5 cm³/mol. The van der Waals surface area contributed by atoms with Gasteiger partial charge in [-0.1, -0.05) is 37.6 Å². The van der Waals surface area contributed by atoms with Crippen LogP contribution in [0.4, 0.5) is 0 Å². The van der Waals surface area contributed by atoms with Gasteiger partial charge in [0.1, 0.15) is 6.04 Å². The quantitative estimate of drug-likeness (QED) is 0.886. The Balaban J connectivity index is 2.39. The number of unbranched alkanes of at least 4 members (excludes halogenated alkanes) is 1. The maximum Gasteiger partial charge on any atom is 0.240 e. The average Bonchev–Trinajstić information content (AvgIpc) is 2.43. The van der Waals surface area contributed by atoms with Crippen molar-refractivity contribution in [3.8, 4) is 0 Å². The topological polar surface area (TPSA) is 80.5 Å². The molecular formula is C14H20N2O3S. The Bertz CT molecular complexity index is 598. The van der Waals surface area contributed by atoms with E-state index < -0.39 is 22.0 Å². The van der Waals surface area contributed by atoms with Crippen molar-refractivity contribution in [1.82, 2.24) is 4.31 Å². The molecule has 1 aliphatic rings. The number of hydrogen-bond donors (Lipinski definition) is 1. The molecule has 0 spiro atoms. The number of primary amides is 1. The summed E-state index contributed by atoms with van der Waals surface area (Å²) in [4.78, 5) is 11.8. The highest BCUT2D eigenvalue weighted by molar-refractivity contribution is 7.89. The van der Waals surface area contributed by atoms with Crippen LogP contribution in [0.5, 0.6) is 0 Å². The molecule has 0 saturated carbocycles. The predicted octanol–water partition coefficient (Wildman–Crippen LogP) is 1.20. The van der Waals surface area contributed by atoms with E-state index >= 15 is 0 Å². The standard InChI is InChI=1S/C14H20N2O3S/c1-2-3-10-20(18,19)16-9-8-11-6-4-5-7-12(11)13(16)14(15)17/h4-7,13H,2-3,8-10H2,1H3,(H2,15,17). The number of nitrogens with zero attached hydrogens (tertiary/aromatic N) is 1. The molecule has 1 atom stereocenters. The van der Waals surface area contributed by atoms with Gasteiger partial charge in [-0.2, -0.15) is 4.31 Å². The zero-order chi connectivity index (χ0) is 14.8. The van der Waals surface area contributed by atoms with Gasteiger partial charge < -0.3 is 5.73 Å². The molecule has 1 aromatic rings. The number of sulfonamides is 1. The van der Waals surface area contributed by atoms with Crippen LogP contribution >= 0.6 is 0 Å². The zero-order valence-electron chi connectivity index (χ0n) is 11.6. The van der Waals surface area contributed by atoms with E-state index in [-0.39, 0.29) is 5.75 Å². The molecule has 110 valence electrons. The number of carbonyl (C=O) groups is 1. The zero-order valence-corrected chi connectivity index (χ0v) is 12.4. The van der Waals surface area contributed by atoms with Crippen LogP contribution in [0.1, 0.15) is 36.9 Å². The van der Waals surface area contributed by atoms with E-state index in [1.807, 2.05) is 19.1 Å². The number of rotatable bonds is 5. The second kappa shape index (κ2) is 5.93. The van der Waals surface area contributed by atoms with Crippen LogP contribution in [0.25, 0.3) is 0 Å². The summed E-state index contributed by atoms with van der Waals surface area (Å²) in [6, 6.07) is 6.52. The molecule has 1 amide bonds. The summed E-state index contributed by atoms with van der Waals surface area (Å²) in [7, 11) is -3.45. The lowest BCUT2D eigenvalue weighted by Crippen LogP contribution is -2.46. The lowest BCUT2D eigenvalue weighted by Gasteiger charge is -2.34. The number of hydrogen-bond acceptors (Lipinski definition) is 3. The summed E-state index contributed by atoms with van der Waals surface area (Å²) < 4.78 is 26.0.